The lowest BCUT2D eigenvalue weighted by Gasteiger charge is -2.35. The number of hydrogen-bond acceptors (Lipinski definition) is 6. The van der Waals surface area contributed by atoms with Gasteiger partial charge in [0.05, 0.1) is 17.1 Å². The lowest BCUT2D eigenvalue weighted by molar-refractivity contribution is -0.115. The Kier molecular flexibility index (Phi) is 9.07. The van der Waals surface area contributed by atoms with Crippen molar-refractivity contribution < 1.29 is 14.3 Å². The molecule has 2 amide bonds. The highest BCUT2D eigenvalue weighted by atomic mass is 79.9. The molecule has 30 heavy (non-hydrogen) atoms. The second-order valence-corrected chi connectivity index (χ2v) is 7.65. The van der Waals surface area contributed by atoms with E-state index in [1.54, 1.807) is 14.1 Å². The number of carbonyl (C=O) groups is 2. The van der Waals surface area contributed by atoms with E-state index in [-0.39, 0.29) is 22.9 Å². The first-order valence-corrected chi connectivity index (χ1v) is 9.96. The highest BCUT2D eigenvalue weighted by Crippen LogP contribution is 2.18. The molecule has 1 unspecified atom stereocenters. The van der Waals surface area contributed by atoms with Gasteiger partial charge in [-0.2, -0.15) is 0 Å². The molecule has 0 radical (unpaired) electrons. The zero-order chi connectivity index (χ0) is 20.8. The quantitative estimate of drug-likeness (QED) is 0.637. The number of rotatable bonds is 4. The summed E-state index contributed by atoms with van der Waals surface area (Å²) in [6.07, 6.45) is 3.46. The summed E-state index contributed by atoms with van der Waals surface area (Å²) in [5.74, 6) is 0.444. The summed E-state index contributed by atoms with van der Waals surface area (Å²) >= 11 is 0. The van der Waals surface area contributed by atoms with Gasteiger partial charge in [-0.3, -0.25) is 14.5 Å². The van der Waals surface area contributed by atoms with Gasteiger partial charge in [-0.25, -0.2) is 4.98 Å². The van der Waals surface area contributed by atoms with Gasteiger partial charge < -0.3 is 25.3 Å². The van der Waals surface area contributed by atoms with Crippen LogP contribution in [0.1, 0.15) is 23.2 Å². The molecule has 0 saturated carbocycles. The van der Waals surface area contributed by atoms with Gasteiger partial charge in [0.15, 0.2) is 5.95 Å². The maximum absolute atomic E-state index is 12.7. The molecule has 3 N–H and O–H groups in total. The Balaban J connectivity index is 0.000000482. The minimum absolute atomic E-state index is 0. The first-order chi connectivity index (χ1) is 14.0. The highest BCUT2D eigenvalue weighted by molar-refractivity contribution is 8.93. The molecule has 2 aromatic rings. The van der Waals surface area contributed by atoms with Crippen molar-refractivity contribution >= 4 is 46.3 Å². The van der Waals surface area contributed by atoms with Gasteiger partial charge in [-0.05, 0) is 31.0 Å². The number of imidazole rings is 1. The Morgan fingerprint density at radius 3 is 2.63 bits per heavy atom. The van der Waals surface area contributed by atoms with E-state index in [2.05, 4.69) is 14.9 Å². The minimum atomic E-state index is 0. The van der Waals surface area contributed by atoms with Gasteiger partial charge in [0.2, 0.25) is 6.41 Å². The molecule has 3 heterocycles. The standard InChI is InChI=1S/C17H23N5O2.C3H7NO.BrH/c18-17-19-14-4-3-12(10-15(14)20-17)16(23)22-7-5-21(6-8-22)11-13-2-1-9-24-13;1-4(2)3-5;/h3-4,10,13H,1-2,5-9,11H2,(H3,18,19,20);3H,1-2H3;1H. The van der Waals surface area contributed by atoms with Gasteiger partial charge in [-0.15, -0.1) is 17.0 Å². The molecule has 1 aromatic carbocycles. The van der Waals surface area contributed by atoms with Crippen LogP contribution >= 0.6 is 17.0 Å². The number of aromatic nitrogens is 2. The first kappa shape index (κ1) is 24.1. The number of fused-ring (bicyclic) bond motifs is 1. The summed E-state index contributed by atoms with van der Waals surface area (Å²) in [5, 5.41) is 0. The molecule has 10 heteroatoms. The Labute approximate surface area is 187 Å². The van der Waals surface area contributed by atoms with Crippen LogP contribution in [-0.2, 0) is 9.53 Å². The molecule has 2 saturated heterocycles. The van der Waals surface area contributed by atoms with Crippen LogP contribution in [0.25, 0.3) is 11.0 Å². The fraction of sp³-hybridized carbons (Fsp3) is 0.550. The van der Waals surface area contributed by atoms with E-state index in [0.29, 0.717) is 17.6 Å². The van der Waals surface area contributed by atoms with Crippen molar-refractivity contribution in [3.05, 3.63) is 23.8 Å². The lowest BCUT2D eigenvalue weighted by atomic mass is 10.1. The molecule has 4 rings (SSSR count). The Morgan fingerprint density at radius 2 is 2.03 bits per heavy atom. The summed E-state index contributed by atoms with van der Waals surface area (Å²) in [5.41, 5.74) is 7.93. The fourth-order valence-electron chi connectivity index (χ4n) is 3.55. The molecule has 0 aliphatic carbocycles. The van der Waals surface area contributed by atoms with Crippen LogP contribution in [0, 0.1) is 0 Å². The van der Waals surface area contributed by atoms with Crippen LogP contribution in [0.4, 0.5) is 5.95 Å². The number of nitrogen functional groups attached to an aromatic ring is 1. The third kappa shape index (κ3) is 6.41. The van der Waals surface area contributed by atoms with Gasteiger partial charge in [-0.1, -0.05) is 0 Å². The van der Waals surface area contributed by atoms with Gasteiger partial charge in [0, 0.05) is 59.0 Å². The summed E-state index contributed by atoms with van der Waals surface area (Å²) < 4.78 is 5.70. The van der Waals surface area contributed by atoms with Crippen molar-refractivity contribution in [3.8, 4) is 0 Å². The smallest absolute Gasteiger partial charge is 0.254 e. The van der Waals surface area contributed by atoms with E-state index in [1.807, 2.05) is 23.1 Å². The molecule has 2 aliphatic heterocycles. The number of aromatic amines is 1. The summed E-state index contributed by atoms with van der Waals surface area (Å²) in [7, 11) is 3.38. The highest BCUT2D eigenvalue weighted by Gasteiger charge is 2.25. The number of nitrogens with zero attached hydrogens (tertiary/aromatic N) is 4. The number of H-pyrrole nitrogens is 1. The van der Waals surface area contributed by atoms with Crippen molar-refractivity contribution in [2.75, 3.05) is 59.2 Å². The molecular weight excluding hydrogens is 452 g/mol. The number of ether oxygens (including phenoxy) is 1. The third-order valence-corrected chi connectivity index (χ3v) is 5.10. The molecule has 2 aliphatic rings. The van der Waals surface area contributed by atoms with Crippen molar-refractivity contribution in [1.29, 1.82) is 0 Å². The van der Waals surface area contributed by atoms with E-state index < -0.39 is 0 Å². The second kappa shape index (κ2) is 11.3. The van der Waals surface area contributed by atoms with E-state index in [1.165, 1.54) is 11.3 Å². The van der Waals surface area contributed by atoms with Crippen LogP contribution in [0.3, 0.4) is 0 Å². The Hall–Kier alpha value is -2.17. The minimum Gasteiger partial charge on any atom is -0.377 e. The predicted octanol–water partition coefficient (Wildman–Crippen LogP) is 1.36. The first-order valence-electron chi connectivity index (χ1n) is 9.96. The normalized spacial score (nSPS) is 19.0. The van der Waals surface area contributed by atoms with Crippen LogP contribution < -0.4 is 5.73 Å². The summed E-state index contributed by atoms with van der Waals surface area (Å²) in [4.78, 5) is 35.1. The third-order valence-electron chi connectivity index (χ3n) is 5.10. The zero-order valence-corrected chi connectivity index (χ0v) is 19.3. The van der Waals surface area contributed by atoms with E-state index >= 15 is 0 Å². The number of nitrogens with one attached hydrogen (secondary N) is 1. The number of halogens is 1. The van der Waals surface area contributed by atoms with Crippen molar-refractivity contribution in [2.45, 2.75) is 18.9 Å². The molecule has 166 valence electrons. The van der Waals surface area contributed by atoms with Crippen LogP contribution in [0.15, 0.2) is 18.2 Å². The molecule has 1 atom stereocenters. The molecule has 0 spiro atoms. The molecule has 0 bridgehead atoms. The second-order valence-electron chi connectivity index (χ2n) is 7.65. The molecule has 2 fully saturated rings. The number of anilines is 1. The van der Waals surface area contributed by atoms with Gasteiger partial charge >= 0.3 is 0 Å². The number of amides is 2. The number of benzene rings is 1. The summed E-state index contributed by atoms with van der Waals surface area (Å²) in [6.45, 7) is 5.21. The SMILES string of the molecule is Br.CN(C)C=O.Nc1nc2ccc(C(=O)N3CCN(CC4CCCO4)CC3)cc2[nH]1. The van der Waals surface area contributed by atoms with Crippen LogP contribution in [-0.4, -0.2) is 96.5 Å². The number of nitrogens with two attached hydrogens (primary N) is 1. The van der Waals surface area contributed by atoms with E-state index in [0.717, 1.165) is 63.2 Å². The Morgan fingerprint density at radius 1 is 1.33 bits per heavy atom. The number of piperazine rings is 1. The largest absolute Gasteiger partial charge is 0.377 e. The fourth-order valence-corrected chi connectivity index (χ4v) is 3.55. The predicted molar refractivity (Wildman–Crippen MR) is 122 cm³/mol. The average Bonchev–Trinajstić information content (AvgIpc) is 3.36. The zero-order valence-electron chi connectivity index (χ0n) is 17.5. The van der Waals surface area contributed by atoms with Crippen molar-refractivity contribution in [3.63, 3.8) is 0 Å². The molecule has 1 aromatic heterocycles. The topological polar surface area (TPSA) is 108 Å². The average molecular weight is 483 g/mol. The molecular formula is C20H31BrN6O3. The van der Waals surface area contributed by atoms with Crippen LogP contribution in [0.2, 0.25) is 0 Å². The van der Waals surface area contributed by atoms with Gasteiger partial charge in [0.25, 0.3) is 5.91 Å². The maximum Gasteiger partial charge on any atom is 0.254 e. The molecule has 9 nitrogen and oxygen atoms in total. The maximum atomic E-state index is 12.7. The Bertz CT molecular complexity index is 829. The van der Waals surface area contributed by atoms with Crippen LogP contribution in [0.5, 0.6) is 0 Å². The number of hydrogen-bond donors (Lipinski definition) is 2. The monoisotopic (exact) mass is 482 g/mol. The number of carbonyl (C=O) groups excluding carboxylic acids is 2. The van der Waals surface area contributed by atoms with E-state index in [9.17, 15) is 9.59 Å². The van der Waals surface area contributed by atoms with Crippen molar-refractivity contribution in [1.82, 2.24) is 24.7 Å². The summed E-state index contributed by atoms with van der Waals surface area (Å²) in [6, 6.07) is 5.49. The van der Waals surface area contributed by atoms with Gasteiger partial charge in [0.1, 0.15) is 0 Å². The van der Waals surface area contributed by atoms with Crippen molar-refractivity contribution in [2.24, 2.45) is 0 Å². The van der Waals surface area contributed by atoms with E-state index in [4.69, 9.17) is 10.5 Å². The lowest BCUT2D eigenvalue weighted by Crippen LogP contribution is -2.50.